The maximum Gasteiger partial charge on any atom is 0.235 e. The second-order valence-electron chi connectivity index (χ2n) is 5.44. The summed E-state index contributed by atoms with van der Waals surface area (Å²) in [5.41, 5.74) is 1.48. The van der Waals surface area contributed by atoms with E-state index >= 15 is 0 Å². The molecule has 0 radical (unpaired) electrons. The molecule has 0 saturated heterocycles. The van der Waals surface area contributed by atoms with Crippen LogP contribution in [0.15, 0.2) is 35.3 Å². The molecule has 3 heteroatoms. The third-order valence-electron chi connectivity index (χ3n) is 3.91. The summed E-state index contributed by atoms with van der Waals surface area (Å²) in [6.07, 6.45) is 4.69. The minimum atomic E-state index is -0.0438. The number of benzene rings is 1. The summed E-state index contributed by atoms with van der Waals surface area (Å²) in [6.45, 7) is 1.46. The van der Waals surface area contributed by atoms with Crippen molar-refractivity contribution in [3.8, 4) is 0 Å². The van der Waals surface area contributed by atoms with E-state index in [2.05, 4.69) is 17.1 Å². The molecule has 3 nitrogen and oxygen atoms in total. The van der Waals surface area contributed by atoms with Gasteiger partial charge in [0, 0.05) is 5.41 Å². The van der Waals surface area contributed by atoms with Crippen molar-refractivity contribution in [3.63, 3.8) is 0 Å². The molecular formula is C14H15NO2. The molecule has 1 aromatic carbocycles. The molecule has 0 heterocycles. The van der Waals surface area contributed by atoms with Crippen LogP contribution in [-0.2, 0) is 16.1 Å². The highest BCUT2D eigenvalue weighted by molar-refractivity contribution is 5.39. The minimum Gasteiger partial charge on any atom is -0.376 e. The van der Waals surface area contributed by atoms with Crippen molar-refractivity contribution in [1.82, 2.24) is 0 Å². The second-order valence-corrected chi connectivity index (χ2v) is 5.44. The van der Waals surface area contributed by atoms with Crippen LogP contribution >= 0.6 is 0 Å². The van der Waals surface area contributed by atoms with E-state index < -0.39 is 0 Å². The summed E-state index contributed by atoms with van der Waals surface area (Å²) in [5, 5.41) is 0. The third-order valence-corrected chi connectivity index (χ3v) is 3.91. The fraction of sp³-hybridized carbons (Fsp3) is 0.500. The number of rotatable bonds is 5. The van der Waals surface area contributed by atoms with Crippen LogP contribution in [0.1, 0.15) is 24.8 Å². The largest absolute Gasteiger partial charge is 0.376 e. The van der Waals surface area contributed by atoms with Gasteiger partial charge < -0.3 is 4.74 Å². The second kappa shape index (κ2) is 3.80. The molecule has 3 aliphatic carbocycles. The van der Waals surface area contributed by atoms with Crippen molar-refractivity contribution < 1.29 is 9.53 Å². The number of carbonyl (C=O) groups excluding carboxylic acids is 1. The zero-order valence-electron chi connectivity index (χ0n) is 9.69. The number of aliphatic imine (C=N–C) groups is 1. The number of isocyanates is 1. The molecule has 0 atom stereocenters. The third kappa shape index (κ3) is 1.82. The molecule has 2 bridgehead atoms. The maximum atomic E-state index is 10.2. The molecule has 4 rings (SSSR count). The molecule has 17 heavy (non-hydrogen) atoms. The first-order valence-corrected chi connectivity index (χ1v) is 5.97. The van der Waals surface area contributed by atoms with Gasteiger partial charge in [0.05, 0.1) is 18.8 Å². The van der Waals surface area contributed by atoms with Gasteiger partial charge in [0.2, 0.25) is 6.08 Å². The van der Waals surface area contributed by atoms with Crippen molar-refractivity contribution in [2.75, 3.05) is 6.61 Å². The first-order valence-electron chi connectivity index (χ1n) is 5.97. The molecule has 0 aromatic heterocycles. The summed E-state index contributed by atoms with van der Waals surface area (Å²) in [4.78, 5) is 14.1. The Morgan fingerprint density at radius 2 is 1.94 bits per heavy atom. The summed E-state index contributed by atoms with van der Waals surface area (Å²) in [5.74, 6) is 0. The monoisotopic (exact) mass is 229 g/mol. The van der Waals surface area contributed by atoms with Crippen LogP contribution in [0.3, 0.4) is 0 Å². The van der Waals surface area contributed by atoms with Gasteiger partial charge in [0.1, 0.15) is 0 Å². The van der Waals surface area contributed by atoms with Gasteiger partial charge in [0.25, 0.3) is 0 Å². The molecule has 0 N–H and O–H groups in total. The predicted octanol–water partition coefficient (Wildman–Crippen LogP) is 2.46. The van der Waals surface area contributed by atoms with Crippen molar-refractivity contribution in [1.29, 1.82) is 0 Å². The van der Waals surface area contributed by atoms with E-state index in [0.29, 0.717) is 12.0 Å². The smallest absolute Gasteiger partial charge is 0.235 e. The van der Waals surface area contributed by atoms with Crippen molar-refractivity contribution in [3.05, 3.63) is 35.9 Å². The quantitative estimate of drug-likeness (QED) is 0.574. The number of ether oxygens (including phenoxy) is 1. The number of hydrogen-bond acceptors (Lipinski definition) is 3. The molecule has 3 saturated carbocycles. The molecule has 0 spiro atoms. The highest BCUT2D eigenvalue weighted by Gasteiger charge is 2.68. The Kier molecular flexibility index (Phi) is 2.39. The predicted molar refractivity (Wildman–Crippen MR) is 63.2 cm³/mol. The Bertz CT molecular complexity index is 443. The van der Waals surface area contributed by atoms with Crippen LogP contribution in [-0.4, -0.2) is 18.2 Å². The van der Waals surface area contributed by atoms with Crippen molar-refractivity contribution in [2.24, 2.45) is 10.4 Å². The van der Waals surface area contributed by atoms with Gasteiger partial charge in [-0.15, -0.1) is 0 Å². The van der Waals surface area contributed by atoms with Gasteiger partial charge in [-0.1, -0.05) is 30.3 Å². The van der Waals surface area contributed by atoms with E-state index in [1.54, 1.807) is 6.08 Å². The lowest BCUT2D eigenvalue weighted by Gasteiger charge is -2.67. The lowest BCUT2D eigenvalue weighted by atomic mass is 9.40. The van der Waals surface area contributed by atoms with E-state index in [0.717, 1.165) is 25.9 Å². The summed E-state index contributed by atoms with van der Waals surface area (Å²) in [6, 6.07) is 10.2. The van der Waals surface area contributed by atoms with E-state index in [-0.39, 0.29) is 5.54 Å². The molecule has 1 aromatic rings. The van der Waals surface area contributed by atoms with Crippen LogP contribution in [0, 0.1) is 5.41 Å². The summed E-state index contributed by atoms with van der Waals surface area (Å²) in [7, 11) is 0. The van der Waals surface area contributed by atoms with E-state index in [4.69, 9.17) is 4.74 Å². The van der Waals surface area contributed by atoms with Gasteiger partial charge in [0.15, 0.2) is 0 Å². The van der Waals surface area contributed by atoms with Crippen molar-refractivity contribution in [2.45, 2.75) is 31.4 Å². The van der Waals surface area contributed by atoms with Gasteiger partial charge in [-0.05, 0) is 24.8 Å². The first kappa shape index (κ1) is 10.7. The SMILES string of the molecule is O=C=NC12CC(COCc3ccccc3)(C1)C2. The van der Waals surface area contributed by atoms with Gasteiger partial charge in [-0.2, -0.15) is 4.99 Å². The normalized spacial score (nSPS) is 33.2. The average Bonchev–Trinajstić information content (AvgIpc) is 2.25. The molecule has 88 valence electrons. The van der Waals surface area contributed by atoms with Crippen LogP contribution in [0.5, 0.6) is 0 Å². The molecule has 0 aliphatic heterocycles. The zero-order valence-corrected chi connectivity index (χ0v) is 9.69. The Morgan fingerprint density at radius 3 is 2.59 bits per heavy atom. The van der Waals surface area contributed by atoms with Crippen molar-refractivity contribution >= 4 is 6.08 Å². The maximum absolute atomic E-state index is 10.2. The van der Waals surface area contributed by atoms with Gasteiger partial charge in [-0.3, -0.25) is 0 Å². The fourth-order valence-electron chi connectivity index (χ4n) is 3.27. The summed E-state index contributed by atoms with van der Waals surface area (Å²) >= 11 is 0. The average molecular weight is 229 g/mol. The fourth-order valence-corrected chi connectivity index (χ4v) is 3.27. The molecule has 3 aliphatic rings. The van der Waals surface area contributed by atoms with E-state index in [1.165, 1.54) is 5.56 Å². The lowest BCUT2D eigenvalue weighted by Crippen LogP contribution is -2.67. The number of hydrogen-bond donors (Lipinski definition) is 0. The van der Waals surface area contributed by atoms with E-state index in [1.807, 2.05) is 18.2 Å². The topological polar surface area (TPSA) is 38.7 Å². The highest BCUT2D eigenvalue weighted by Crippen LogP contribution is 2.69. The number of nitrogens with zero attached hydrogens (tertiary/aromatic N) is 1. The molecular weight excluding hydrogens is 214 g/mol. The van der Waals surface area contributed by atoms with E-state index in [9.17, 15) is 4.79 Å². The lowest BCUT2D eigenvalue weighted by molar-refractivity contribution is -0.172. The first-order chi connectivity index (χ1) is 8.26. The standard InChI is InChI=1S/C14H15NO2/c16-11-15-14-7-13(8-14,9-14)10-17-6-12-4-2-1-3-5-12/h1-5H,6-10H2. The Balaban J connectivity index is 1.45. The van der Waals surface area contributed by atoms with Crippen LogP contribution in [0.25, 0.3) is 0 Å². The summed E-state index contributed by atoms with van der Waals surface area (Å²) < 4.78 is 5.75. The zero-order chi connectivity index (χ0) is 11.8. The highest BCUT2D eigenvalue weighted by atomic mass is 16.5. The van der Waals surface area contributed by atoms with Gasteiger partial charge >= 0.3 is 0 Å². The molecule has 0 unspecified atom stereocenters. The Hall–Kier alpha value is -1.44. The Labute approximate surface area is 101 Å². The van der Waals surface area contributed by atoms with Gasteiger partial charge in [-0.25, -0.2) is 4.79 Å². The van der Waals surface area contributed by atoms with Crippen LogP contribution in [0.4, 0.5) is 0 Å². The van der Waals surface area contributed by atoms with Crippen LogP contribution in [0.2, 0.25) is 0 Å². The van der Waals surface area contributed by atoms with Crippen LogP contribution < -0.4 is 0 Å². The minimum absolute atomic E-state index is 0.0438. The molecule has 0 amide bonds. The molecule has 3 fully saturated rings. The Morgan fingerprint density at radius 1 is 1.24 bits per heavy atom.